The first-order valence-corrected chi connectivity index (χ1v) is 9.59. The Morgan fingerprint density at radius 1 is 1.39 bits per heavy atom. The summed E-state index contributed by atoms with van der Waals surface area (Å²) < 4.78 is 41.3. The lowest BCUT2D eigenvalue weighted by Crippen LogP contribution is -2.20. The van der Waals surface area contributed by atoms with Crippen molar-refractivity contribution >= 4 is 5.91 Å². The molecule has 1 unspecified atom stereocenters. The van der Waals surface area contributed by atoms with Crippen molar-refractivity contribution in [3.63, 3.8) is 0 Å². The number of nitriles is 1. The van der Waals surface area contributed by atoms with E-state index in [1.54, 1.807) is 23.8 Å². The molecule has 3 aromatic rings. The maximum absolute atomic E-state index is 13.2. The Bertz CT molecular complexity index is 1200. The monoisotopic (exact) mass is 428 g/mol. The molecule has 160 valence electrons. The predicted molar refractivity (Wildman–Crippen MR) is 104 cm³/mol. The predicted octanol–water partition coefficient (Wildman–Crippen LogP) is 3.59. The van der Waals surface area contributed by atoms with Crippen LogP contribution in [-0.4, -0.2) is 25.7 Å². The van der Waals surface area contributed by atoms with Gasteiger partial charge in [-0.15, -0.1) is 0 Å². The van der Waals surface area contributed by atoms with Crippen LogP contribution < -0.4 is 5.73 Å². The second-order valence-electron chi connectivity index (χ2n) is 7.77. The number of nitrogens with two attached hydrogens (primary N) is 1. The van der Waals surface area contributed by atoms with E-state index in [9.17, 15) is 23.2 Å². The Morgan fingerprint density at radius 2 is 2.10 bits per heavy atom. The van der Waals surface area contributed by atoms with E-state index in [1.165, 1.54) is 18.5 Å². The van der Waals surface area contributed by atoms with Gasteiger partial charge in [0.05, 0.1) is 23.2 Å². The molecule has 3 N–H and O–H groups in total. The molecule has 0 radical (unpaired) electrons. The van der Waals surface area contributed by atoms with Crippen molar-refractivity contribution in [2.24, 2.45) is 5.73 Å². The van der Waals surface area contributed by atoms with Crippen molar-refractivity contribution in [2.75, 3.05) is 0 Å². The molecule has 2 heterocycles. The first-order chi connectivity index (χ1) is 14.6. The molecule has 1 saturated carbocycles. The highest BCUT2D eigenvalue weighted by molar-refractivity contribution is 5.93. The Balaban J connectivity index is 1.84. The topological polar surface area (TPSA) is 113 Å². The number of H-pyrrole nitrogens is 1. The van der Waals surface area contributed by atoms with E-state index in [1.807, 2.05) is 6.92 Å². The summed E-state index contributed by atoms with van der Waals surface area (Å²) in [5, 5.41) is 16.0. The van der Waals surface area contributed by atoms with Gasteiger partial charge in [-0.25, -0.2) is 4.98 Å². The van der Waals surface area contributed by atoms with Crippen LogP contribution in [0.4, 0.5) is 13.2 Å². The van der Waals surface area contributed by atoms with Gasteiger partial charge in [-0.2, -0.15) is 23.5 Å². The van der Waals surface area contributed by atoms with Gasteiger partial charge >= 0.3 is 6.18 Å². The maximum Gasteiger partial charge on any atom is 0.417 e. The van der Waals surface area contributed by atoms with Crippen LogP contribution in [0.15, 0.2) is 30.7 Å². The highest BCUT2D eigenvalue weighted by Crippen LogP contribution is 2.55. The summed E-state index contributed by atoms with van der Waals surface area (Å²) in [4.78, 5) is 16.4. The number of primary amides is 1. The molecular formula is C21H19F3N6O. The van der Waals surface area contributed by atoms with Crippen LogP contribution in [-0.2, 0) is 11.6 Å². The fourth-order valence-corrected chi connectivity index (χ4v) is 4.29. The maximum atomic E-state index is 13.2. The number of hydrogen-bond donors (Lipinski definition) is 2. The lowest BCUT2D eigenvalue weighted by atomic mass is 9.85. The van der Waals surface area contributed by atoms with Crippen LogP contribution in [0.2, 0.25) is 0 Å². The van der Waals surface area contributed by atoms with Gasteiger partial charge in [-0.3, -0.25) is 9.89 Å². The van der Waals surface area contributed by atoms with Gasteiger partial charge < -0.3 is 10.3 Å². The van der Waals surface area contributed by atoms with E-state index in [0.717, 1.165) is 11.6 Å². The Kier molecular flexibility index (Phi) is 4.65. The fourth-order valence-electron chi connectivity index (χ4n) is 4.29. The Morgan fingerprint density at radius 3 is 2.61 bits per heavy atom. The molecule has 1 aliphatic carbocycles. The van der Waals surface area contributed by atoms with E-state index < -0.39 is 28.6 Å². The van der Waals surface area contributed by atoms with Crippen LogP contribution in [0, 0.1) is 18.3 Å². The number of aromatic nitrogens is 4. The molecule has 4 rings (SSSR count). The van der Waals surface area contributed by atoms with Gasteiger partial charge in [0.25, 0.3) is 5.91 Å². The van der Waals surface area contributed by atoms with E-state index >= 15 is 0 Å². The molecule has 1 amide bonds. The molecule has 10 heteroatoms. The molecule has 1 atom stereocenters. The first-order valence-electron chi connectivity index (χ1n) is 9.59. The summed E-state index contributed by atoms with van der Waals surface area (Å²) in [5.41, 5.74) is 6.07. The molecule has 0 saturated heterocycles. The molecular weight excluding hydrogens is 409 g/mol. The van der Waals surface area contributed by atoms with E-state index in [0.29, 0.717) is 35.5 Å². The molecule has 31 heavy (non-hydrogen) atoms. The smallest absolute Gasteiger partial charge is 0.364 e. The second-order valence-corrected chi connectivity index (χ2v) is 7.77. The molecule has 7 nitrogen and oxygen atoms in total. The summed E-state index contributed by atoms with van der Waals surface area (Å²) in [6.45, 7) is 3.59. The van der Waals surface area contributed by atoms with E-state index in [4.69, 9.17) is 5.73 Å². The number of nitrogens with zero attached hydrogens (tertiary/aromatic N) is 4. The number of halogens is 3. The van der Waals surface area contributed by atoms with Crippen molar-refractivity contribution in [3.05, 3.63) is 70.1 Å². The zero-order valence-electron chi connectivity index (χ0n) is 16.8. The van der Waals surface area contributed by atoms with Gasteiger partial charge in [0.2, 0.25) is 0 Å². The van der Waals surface area contributed by atoms with Crippen LogP contribution in [0.1, 0.15) is 69.9 Å². The summed E-state index contributed by atoms with van der Waals surface area (Å²) >= 11 is 0. The third kappa shape index (κ3) is 3.26. The number of rotatable bonds is 5. The molecule has 1 aliphatic rings. The quantitative estimate of drug-likeness (QED) is 0.646. The minimum Gasteiger partial charge on any atom is -0.364 e. The number of amides is 1. The van der Waals surface area contributed by atoms with Crippen molar-refractivity contribution < 1.29 is 18.0 Å². The van der Waals surface area contributed by atoms with Gasteiger partial charge in [-0.05, 0) is 55.5 Å². The zero-order chi connectivity index (χ0) is 22.6. The molecule has 0 bridgehead atoms. The van der Waals surface area contributed by atoms with Crippen LogP contribution in [0.3, 0.4) is 0 Å². The SMILES string of the molecule is Cc1c(C2(c3ccc(C(F)(F)F)c(C#N)c3)CC2)cn(C(C)c2nc[nH]n2)c1C(N)=O. The van der Waals surface area contributed by atoms with Crippen LogP contribution in [0.25, 0.3) is 0 Å². The van der Waals surface area contributed by atoms with E-state index in [2.05, 4.69) is 15.2 Å². The van der Waals surface area contributed by atoms with Crippen molar-refractivity contribution in [1.29, 1.82) is 5.26 Å². The standard InChI is InChI=1S/C21H19F3N6O/c1-11-16(9-30(17(11)18(26)31)12(2)19-27-10-28-29-19)20(5-6-20)14-3-4-15(21(22,23)24)13(7-14)8-25/h3-4,7,9-10,12H,5-6H2,1-2H3,(H2,26,31)(H,27,28,29). The molecule has 0 spiro atoms. The van der Waals surface area contributed by atoms with Crippen molar-refractivity contribution in [3.8, 4) is 6.07 Å². The normalized spacial score (nSPS) is 16.0. The van der Waals surface area contributed by atoms with Gasteiger partial charge in [-0.1, -0.05) is 6.07 Å². The minimum absolute atomic E-state index is 0.297. The molecule has 2 aromatic heterocycles. The average Bonchev–Trinajstić information content (AvgIpc) is 3.17. The fraction of sp³-hybridized carbons (Fsp3) is 0.333. The van der Waals surface area contributed by atoms with Crippen LogP contribution in [0.5, 0.6) is 0 Å². The lowest BCUT2D eigenvalue weighted by molar-refractivity contribution is -0.137. The zero-order valence-corrected chi connectivity index (χ0v) is 16.8. The highest BCUT2D eigenvalue weighted by atomic mass is 19.4. The van der Waals surface area contributed by atoms with Crippen molar-refractivity contribution in [2.45, 2.75) is 44.3 Å². The molecule has 1 fully saturated rings. The second kappa shape index (κ2) is 6.97. The van der Waals surface area contributed by atoms with Gasteiger partial charge in [0.15, 0.2) is 5.82 Å². The summed E-state index contributed by atoms with van der Waals surface area (Å²) in [6, 6.07) is 4.93. The molecule has 1 aromatic carbocycles. The third-order valence-corrected chi connectivity index (χ3v) is 6.01. The number of carbonyl (C=O) groups excluding carboxylic acids is 1. The van der Waals surface area contributed by atoms with Gasteiger partial charge in [0.1, 0.15) is 12.0 Å². The average molecular weight is 428 g/mol. The number of alkyl halides is 3. The highest BCUT2D eigenvalue weighted by Gasteiger charge is 2.49. The van der Waals surface area contributed by atoms with Gasteiger partial charge in [0, 0.05) is 11.6 Å². The Labute approximate surface area is 175 Å². The van der Waals surface area contributed by atoms with Crippen molar-refractivity contribution in [1.82, 2.24) is 19.7 Å². The summed E-state index contributed by atoms with van der Waals surface area (Å²) in [6.07, 6.45) is -0.0124. The third-order valence-electron chi connectivity index (χ3n) is 6.01. The van der Waals surface area contributed by atoms with Crippen LogP contribution >= 0.6 is 0 Å². The number of benzene rings is 1. The lowest BCUT2D eigenvalue weighted by Gasteiger charge is -2.18. The number of carbonyl (C=O) groups is 1. The molecule has 0 aliphatic heterocycles. The first kappa shape index (κ1) is 20.7. The summed E-state index contributed by atoms with van der Waals surface area (Å²) in [7, 11) is 0. The number of aromatic amines is 1. The number of hydrogen-bond acceptors (Lipinski definition) is 4. The number of nitrogens with one attached hydrogen (secondary N) is 1. The summed E-state index contributed by atoms with van der Waals surface area (Å²) in [5.74, 6) is -0.151. The van der Waals surface area contributed by atoms with E-state index in [-0.39, 0.29) is 6.04 Å². The Hall–Kier alpha value is -3.61. The largest absolute Gasteiger partial charge is 0.417 e. The minimum atomic E-state index is -4.61.